The second-order valence-corrected chi connectivity index (χ2v) is 10.0. The maximum absolute atomic E-state index is 13.2. The predicted molar refractivity (Wildman–Crippen MR) is 108 cm³/mol. The van der Waals surface area contributed by atoms with Gasteiger partial charge < -0.3 is 9.80 Å². The topological polar surface area (TPSA) is 60.9 Å². The Balaban J connectivity index is 1.52. The minimum atomic E-state index is -3.16. The summed E-state index contributed by atoms with van der Waals surface area (Å²) in [6.07, 6.45) is 6.95. The van der Waals surface area contributed by atoms with E-state index in [2.05, 4.69) is 23.1 Å². The number of rotatable bonds is 3. The molecule has 2 fully saturated rings. The van der Waals surface area contributed by atoms with E-state index in [-0.39, 0.29) is 11.8 Å². The molecule has 148 valence electrons. The third-order valence-electron chi connectivity index (χ3n) is 6.20. The van der Waals surface area contributed by atoms with Crippen molar-refractivity contribution in [3.63, 3.8) is 0 Å². The molecule has 0 bridgehead atoms. The average Bonchev–Trinajstić information content (AvgIpc) is 3.21. The Morgan fingerprint density at radius 3 is 2.37 bits per heavy atom. The summed E-state index contributed by atoms with van der Waals surface area (Å²) in [6.45, 7) is 3.85. The number of fused-ring (bicyclic) bond motifs is 1. The molecule has 3 heterocycles. The van der Waals surface area contributed by atoms with Gasteiger partial charge >= 0.3 is 0 Å². The molecule has 0 aromatic heterocycles. The van der Waals surface area contributed by atoms with Gasteiger partial charge in [-0.1, -0.05) is 6.07 Å². The van der Waals surface area contributed by atoms with E-state index in [0.717, 1.165) is 38.2 Å². The highest BCUT2D eigenvalue weighted by Crippen LogP contribution is 2.34. The van der Waals surface area contributed by atoms with E-state index in [1.807, 2.05) is 4.90 Å². The molecule has 0 atom stereocenters. The molecule has 7 heteroatoms. The number of aryl methyl sites for hydroxylation is 1. The third-order valence-corrected chi connectivity index (χ3v) is 7.50. The monoisotopic (exact) mass is 391 g/mol. The molecule has 0 saturated carbocycles. The number of hydrogen-bond donors (Lipinski definition) is 0. The Morgan fingerprint density at radius 2 is 1.70 bits per heavy atom. The second kappa shape index (κ2) is 7.43. The van der Waals surface area contributed by atoms with Gasteiger partial charge in [0.15, 0.2) is 0 Å². The van der Waals surface area contributed by atoms with Gasteiger partial charge in [-0.3, -0.25) is 4.79 Å². The van der Waals surface area contributed by atoms with Crippen LogP contribution in [0.1, 0.15) is 37.7 Å². The lowest BCUT2D eigenvalue weighted by Crippen LogP contribution is -2.45. The lowest BCUT2D eigenvalue weighted by Gasteiger charge is -2.36. The van der Waals surface area contributed by atoms with Crippen molar-refractivity contribution in [1.29, 1.82) is 0 Å². The number of amides is 1. The zero-order valence-electron chi connectivity index (χ0n) is 16.1. The van der Waals surface area contributed by atoms with Crippen LogP contribution in [0.15, 0.2) is 18.2 Å². The van der Waals surface area contributed by atoms with Crippen LogP contribution in [-0.4, -0.2) is 57.6 Å². The number of anilines is 2. The summed E-state index contributed by atoms with van der Waals surface area (Å²) in [7, 11) is -3.16. The van der Waals surface area contributed by atoms with Crippen LogP contribution in [0.2, 0.25) is 0 Å². The molecule has 6 nitrogen and oxygen atoms in total. The van der Waals surface area contributed by atoms with Crippen LogP contribution in [0.5, 0.6) is 0 Å². The molecule has 1 amide bonds. The van der Waals surface area contributed by atoms with E-state index in [0.29, 0.717) is 25.9 Å². The van der Waals surface area contributed by atoms with Gasteiger partial charge in [0, 0.05) is 50.0 Å². The van der Waals surface area contributed by atoms with Gasteiger partial charge in [0.25, 0.3) is 0 Å². The molecule has 2 saturated heterocycles. The number of benzene rings is 1. The summed E-state index contributed by atoms with van der Waals surface area (Å²) in [5, 5.41) is 0. The number of hydrogen-bond acceptors (Lipinski definition) is 4. The minimum absolute atomic E-state index is 0.0793. The first-order valence-corrected chi connectivity index (χ1v) is 11.9. The highest BCUT2D eigenvalue weighted by molar-refractivity contribution is 7.88. The number of nitrogens with zero attached hydrogens (tertiary/aromatic N) is 3. The number of carbonyl (C=O) groups is 1. The van der Waals surface area contributed by atoms with Crippen molar-refractivity contribution >= 4 is 27.3 Å². The number of carbonyl (C=O) groups excluding carboxylic acids is 1. The van der Waals surface area contributed by atoms with Gasteiger partial charge in [-0.15, -0.1) is 0 Å². The lowest BCUT2D eigenvalue weighted by atomic mass is 9.93. The summed E-state index contributed by atoms with van der Waals surface area (Å²) in [5.41, 5.74) is 3.55. The van der Waals surface area contributed by atoms with E-state index in [1.165, 1.54) is 34.7 Å². The molecule has 0 N–H and O–H groups in total. The van der Waals surface area contributed by atoms with Gasteiger partial charge in [0.05, 0.1) is 6.26 Å². The van der Waals surface area contributed by atoms with Crippen LogP contribution in [0.3, 0.4) is 0 Å². The van der Waals surface area contributed by atoms with Crippen LogP contribution in [0, 0.1) is 5.92 Å². The van der Waals surface area contributed by atoms with Gasteiger partial charge in [-0.05, 0) is 56.2 Å². The van der Waals surface area contributed by atoms with Crippen LogP contribution >= 0.6 is 0 Å². The van der Waals surface area contributed by atoms with E-state index < -0.39 is 10.0 Å². The molecule has 1 aromatic rings. The summed E-state index contributed by atoms with van der Waals surface area (Å²) >= 11 is 0. The van der Waals surface area contributed by atoms with Crippen molar-refractivity contribution in [1.82, 2.24) is 4.31 Å². The van der Waals surface area contributed by atoms with Crippen molar-refractivity contribution < 1.29 is 13.2 Å². The van der Waals surface area contributed by atoms with Gasteiger partial charge in [0.1, 0.15) is 0 Å². The molecule has 4 rings (SSSR count). The average molecular weight is 392 g/mol. The Kier molecular flexibility index (Phi) is 5.16. The van der Waals surface area contributed by atoms with Gasteiger partial charge in [-0.2, -0.15) is 0 Å². The molecule has 27 heavy (non-hydrogen) atoms. The van der Waals surface area contributed by atoms with Crippen LogP contribution in [0.25, 0.3) is 0 Å². The van der Waals surface area contributed by atoms with Crippen LogP contribution in [0.4, 0.5) is 11.4 Å². The quantitative estimate of drug-likeness (QED) is 0.793. The first-order valence-electron chi connectivity index (χ1n) is 10.1. The molecule has 0 unspecified atom stereocenters. The smallest absolute Gasteiger partial charge is 0.230 e. The van der Waals surface area contributed by atoms with Crippen molar-refractivity contribution in [2.45, 2.75) is 38.5 Å². The third kappa shape index (κ3) is 3.85. The molecule has 3 aliphatic heterocycles. The van der Waals surface area contributed by atoms with Crippen molar-refractivity contribution in [2.24, 2.45) is 5.92 Å². The Hall–Kier alpha value is -1.60. The summed E-state index contributed by atoms with van der Waals surface area (Å²) in [5.74, 6) is 0.0899. The SMILES string of the molecule is CS(=O)(=O)N1CCC(C(=O)N2CCCc3ccc(N4CCCC4)cc32)CC1. The minimum Gasteiger partial charge on any atom is -0.371 e. The molecule has 0 aliphatic carbocycles. The Morgan fingerprint density at radius 1 is 1.00 bits per heavy atom. The molecule has 0 radical (unpaired) electrons. The van der Waals surface area contributed by atoms with Crippen LogP contribution < -0.4 is 9.80 Å². The zero-order chi connectivity index (χ0) is 19.0. The first-order chi connectivity index (χ1) is 12.9. The molecule has 3 aliphatic rings. The second-order valence-electron chi connectivity index (χ2n) is 8.04. The number of piperidine rings is 1. The van der Waals surface area contributed by atoms with E-state index in [4.69, 9.17) is 0 Å². The van der Waals surface area contributed by atoms with E-state index in [1.54, 1.807) is 0 Å². The van der Waals surface area contributed by atoms with Gasteiger partial charge in [-0.25, -0.2) is 12.7 Å². The predicted octanol–water partition coefficient (Wildman–Crippen LogP) is 2.24. The first kappa shape index (κ1) is 18.7. The van der Waals surface area contributed by atoms with Crippen molar-refractivity contribution in [2.75, 3.05) is 48.8 Å². The largest absolute Gasteiger partial charge is 0.371 e. The summed E-state index contributed by atoms with van der Waals surface area (Å²) < 4.78 is 24.9. The lowest BCUT2D eigenvalue weighted by molar-refractivity contribution is -0.123. The zero-order valence-corrected chi connectivity index (χ0v) is 16.9. The summed E-state index contributed by atoms with van der Waals surface area (Å²) in [4.78, 5) is 17.6. The summed E-state index contributed by atoms with van der Waals surface area (Å²) in [6, 6.07) is 6.58. The molecule has 0 spiro atoms. The van der Waals surface area contributed by atoms with Crippen molar-refractivity contribution in [3.8, 4) is 0 Å². The van der Waals surface area contributed by atoms with Crippen LogP contribution in [-0.2, 0) is 21.2 Å². The molecule has 1 aromatic carbocycles. The normalized spacial score (nSPS) is 22.1. The fourth-order valence-electron chi connectivity index (χ4n) is 4.62. The maximum Gasteiger partial charge on any atom is 0.230 e. The standard InChI is InChI=1S/C20H29N3O3S/c1-27(25,26)22-13-8-17(9-14-22)20(24)23-12-4-5-16-6-7-18(15-19(16)23)21-10-2-3-11-21/h6-7,15,17H,2-5,8-14H2,1H3. The highest BCUT2D eigenvalue weighted by atomic mass is 32.2. The fourth-order valence-corrected chi connectivity index (χ4v) is 5.49. The fraction of sp³-hybridized carbons (Fsp3) is 0.650. The maximum atomic E-state index is 13.2. The molecular formula is C20H29N3O3S. The van der Waals surface area contributed by atoms with E-state index >= 15 is 0 Å². The van der Waals surface area contributed by atoms with E-state index in [9.17, 15) is 13.2 Å². The van der Waals surface area contributed by atoms with Gasteiger partial charge in [0.2, 0.25) is 15.9 Å². The molecular weight excluding hydrogens is 362 g/mol. The Bertz CT molecular complexity index is 810. The number of sulfonamides is 1. The van der Waals surface area contributed by atoms with Crippen molar-refractivity contribution in [3.05, 3.63) is 23.8 Å². The highest BCUT2D eigenvalue weighted by Gasteiger charge is 2.33. The Labute approximate surface area is 162 Å².